The Morgan fingerprint density at radius 3 is 1.91 bits per heavy atom. The maximum atomic E-state index is 7.30. The summed E-state index contributed by atoms with van der Waals surface area (Å²) in [5, 5.41) is 13.6. The van der Waals surface area contributed by atoms with E-state index >= 15 is 0 Å². The highest BCUT2D eigenvalue weighted by molar-refractivity contribution is 7.25. The first-order valence-corrected chi connectivity index (χ1v) is 24.2. The third-order valence-corrected chi connectivity index (χ3v) is 15.6. The van der Waals surface area contributed by atoms with Gasteiger partial charge in [-0.1, -0.05) is 135 Å². The molecule has 0 bridgehead atoms. The van der Waals surface area contributed by atoms with Crippen molar-refractivity contribution < 1.29 is 8.83 Å². The molecule has 322 valence electrons. The number of anilines is 2. The Bertz CT molecular complexity index is 4040. The van der Waals surface area contributed by atoms with Gasteiger partial charge in [-0.05, 0) is 105 Å². The van der Waals surface area contributed by atoms with Crippen LogP contribution in [0.4, 0.5) is 11.4 Å². The van der Waals surface area contributed by atoms with Crippen molar-refractivity contribution >= 4 is 127 Å². The van der Waals surface area contributed by atoms with Crippen molar-refractivity contribution in [2.75, 3.05) is 5.32 Å². The number of para-hydroxylation sites is 2. The summed E-state index contributed by atoms with van der Waals surface area (Å²) >= 11 is 1.89. The number of thiophene rings is 1. The third kappa shape index (κ3) is 5.76. The number of nitrogens with zero attached hydrogens (tertiary/aromatic N) is 1. The Balaban J connectivity index is 1.19. The topological polar surface area (TPSA) is 43.2 Å². The first-order valence-electron chi connectivity index (χ1n) is 23.4. The lowest BCUT2D eigenvalue weighted by atomic mass is 9.58. The minimum Gasteiger partial charge on any atom is -0.456 e. The lowest BCUT2D eigenvalue weighted by Crippen LogP contribution is -2.37. The van der Waals surface area contributed by atoms with Gasteiger partial charge in [0.25, 0.3) is 0 Å². The molecule has 0 amide bonds. The summed E-state index contributed by atoms with van der Waals surface area (Å²) in [6, 6.07) is 49.8. The van der Waals surface area contributed by atoms with Crippen molar-refractivity contribution in [2.45, 2.75) is 78.6 Å². The second-order valence-electron chi connectivity index (χ2n) is 21.9. The van der Waals surface area contributed by atoms with Crippen LogP contribution in [0.25, 0.3) is 103 Å². The molecule has 1 N–H and O–H groups in total. The molecule has 66 heavy (non-hydrogen) atoms. The molecule has 0 atom stereocenters. The molecule has 0 unspecified atom stereocenters. The summed E-state index contributed by atoms with van der Waals surface area (Å²) < 4.78 is 19.0. The molecule has 0 fully saturated rings. The zero-order valence-electron chi connectivity index (χ0n) is 39.1. The summed E-state index contributed by atoms with van der Waals surface area (Å²) in [5.41, 5.74) is 18.2. The molecule has 8 aromatic carbocycles. The van der Waals surface area contributed by atoms with Crippen LogP contribution in [0.2, 0.25) is 0 Å². The summed E-state index contributed by atoms with van der Waals surface area (Å²) in [5.74, 6) is 0. The maximum Gasteiger partial charge on any atom is 0.198 e. The molecule has 0 saturated carbocycles. The first kappa shape index (κ1) is 39.6. The number of aromatic nitrogens is 1. The molecule has 0 spiro atoms. The fourth-order valence-electron chi connectivity index (χ4n) is 10.9. The number of hydrogen-bond donors (Lipinski definition) is 1. The van der Waals surface area contributed by atoms with Crippen molar-refractivity contribution in [3.8, 4) is 16.8 Å². The average Bonchev–Trinajstić information content (AvgIpc) is 4.03. The highest BCUT2D eigenvalue weighted by Crippen LogP contribution is 2.50. The van der Waals surface area contributed by atoms with Gasteiger partial charge in [0.1, 0.15) is 22.3 Å². The van der Waals surface area contributed by atoms with Gasteiger partial charge in [-0.3, -0.25) is 0 Å². The molecule has 4 aromatic heterocycles. The molecule has 1 aliphatic heterocycles. The highest BCUT2D eigenvalue weighted by atomic mass is 32.1. The Kier molecular flexibility index (Phi) is 8.05. The van der Waals surface area contributed by atoms with E-state index in [1.165, 1.54) is 80.7 Å². The zero-order valence-corrected chi connectivity index (χ0v) is 39.9. The molecule has 4 nitrogen and oxygen atoms in total. The molecular weight excluding hydrogens is 824 g/mol. The van der Waals surface area contributed by atoms with E-state index in [1.54, 1.807) is 0 Å². The van der Waals surface area contributed by atoms with Crippen LogP contribution < -0.4 is 16.2 Å². The Labute approximate surface area is 389 Å². The quantitative estimate of drug-likeness (QED) is 0.180. The first-order chi connectivity index (χ1) is 31.6. The molecule has 5 heterocycles. The summed E-state index contributed by atoms with van der Waals surface area (Å²) in [6.07, 6.45) is 0. The van der Waals surface area contributed by atoms with Gasteiger partial charge < -0.3 is 18.7 Å². The molecule has 0 aliphatic carbocycles. The van der Waals surface area contributed by atoms with Gasteiger partial charge in [-0.25, -0.2) is 0 Å². The zero-order chi connectivity index (χ0) is 45.2. The second kappa shape index (κ2) is 13.4. The van der Waals surface area contributed by atoms with Gasteiger partial charge in [0.2, 0.25) is 0 Å². The Hall–Kier alpha value is -6.76. The predicted molar refractivity (Wildman–Crippen MR) is 286 cm³/mol. The van der Waals surface area contributed by atoms with Crippen LogP contribution in [0, 0.1) is 0 Å². The minimum absolute atomic E-state index is 0.0398. The van der Waals surface area contributed by atoms with Crippen molar-refractivity contribution in [3.63, 3.8) is 0 Å². The van der Waals surface area contributed by atoms with Crippen molar-refractivity contribution in [1.29, 1.82) is 0 Å². The monoisotopic (exact) mass is 874 g/mol. The molecule has 0 radical (unpaired) electrons. The van der Waals surface area contributed by atoms with E-state index in [2.05, 4.69) is 206 Å². The van der Waals surface area contributed by atoms with Gasteiger partial charge in [-0.15, -0.1) is 11.3 Å². The van der Waals surface area contributed by atoms with Gasteiger partial charge in [0.05, 0.1) is 11.0 Å². The Morgan fingerprint density at radius 1 is 0.515 bits per heavy atom. The van der Waals surface area contributed by atoms with Crippen molar-refractivity contribution in [1.82, 2.24) is 4.57 Å². The second-order valence-corrected chi connectivity index (χ2v) is 22.9. The number of fused-ring (bicyclic) bond motifs is 15. The largest absolute Gasteiger partial charge is 0.456 e. The van der Waals surface area contributed by atoms with E-state index in [4.69, 9.17) is 8.83 Å². The van der Waals surface area contributed by atoms with Gasteiger partial charge in [-0.2, -0.15) is 0 Å². The SMILES string of the molecule is CC(C)(C)c1ccc(Nc2cc3c(cc2-c2c4c5c(c6cc(C(C)(C)C)ccc6n5-c5cc6c(cc5B4)oc4ccccc46)c4c2oc2ccccc24)sc2cc(C(C)(C)C)ccc23)cc1. The number of rotatable bonds is 3. The van der Waals surface area contributed by atoms with Crippen LogP contribution >= 0.6 is 11.3 Å². The maximum absolute atomic E-state index is 7.30. The number of benzene rings is 8. The predicted octanol–water partition coefficient (Wildman–Crippen LogP) is 16.0. The van der Waals surface area contributed by atoms with Crippen LogP contribution in [0.15, 0.2) is 142 Å². The van der Waals surface area contributed by atoms with Gasteiger partial charge in [0, 0.05) is 80.7 Å². The fourth-order valence-corrected chi connectivity index (χ4v) is 12.0. The molecule has 13 rings (SSSR count). The highest BCUT2D eigenvalue weighted by Gasteiger charge is 2.33. The lowest BCUT2D eigenvalue weighted by Gasteiger charge is -2.24. The third-order valence-electron chi connectivity index (χ3n) is 14.5. The van der Waals surface area contributed by atoms with E-state index in [0.29, 0.717) is 7.28 Å². The van der Waals surface area contributed by atoms with Crippen LogP contribution in [0.3, 0.4) is 0 Å². The van der Waals surface area contributed by atoms with Crippen molar-refractivity contribution in [3.05, 3.63) is 150 Å². The normalized spacial score (nSPS) is 13.3. The minimum atomic E-state index is -0.0398. The van der Waals surface area contributed by atoms with Gasteiger partial charge >= 0.3 is 0 Å². The standard InChI is InChI=1S/C60H51BN2O2S/c1-58(2,3)32-18-22-35(23-19-32)62-44-28-40-37-24-20-34(60(7,8)9)27-50(37)66-51(40)30-41(44)54-55-56-52(53-38-15-11-13-17-48(38)65-57(53)54)42-26-33(59(4,5)6)21-25-45(42)63(56)46-29-39-36-14-10-12-16-47(36)64-49(39)31-43(46)61-55/h10-31,61-62H,1-9H3. The number of furan rings is 2. The lowest BCUT2D eigenvalue weighted by molar-refractivity contribution is 0.590. The number of hydrogen-bond acceptors (Lipinski definition) is 4. The molecule has 6 heteroatoms. The molecule has 0 saturated heterocycles. The smallest absolute Gasteiger partial charge is 0.198 e. The Morgan fingerprint density at radius 2 is 1.17 bits per heavy atom. The van der Waals surface area contributed by atoms with Crippen LogP contribution in [-0.2, 0) is 16.2 Å². The summed E-state index contributed by atoms with van der Waals surface area (Å²) in [4.78, 5) is 0. The molecular formula is C60H51BN2O2S. The van der Waals surface area contributed by atoms with E-state index in [9.17, 15) is 0 Å². The fraction of sp³-hybridized carbons (Fsp3) is 0.200. The van der Waals surface area contributed by atoms with Gasteiger partial charge in [0.15, 0.2) is 7.28 Å². The molecule has 1 aliphatic rings. The van der Waals surface area contributed by atoms with E-state index in [1.807, 2.05) is 11.3 Å². The van der Waals surface area contributed by atoms with E-state index < -0.39 is 0 Å². The van der Waals surface area contributed by atoms with E-state index in [0.717, 1.165) is 61.0 Å². The van der Waals surface area contributed by atoms with E-state index in [-0.39, 0.29) is 16.2 Å². The van der Waals surface area contributed by atoms with Crippen molar-refractivity contribution in [2.24, 2.45) is 0 Å². The van der Waals surface area contributed by atoms with Crippen LogP contribution in [-0.4, -0.2) is 11.8 Å². The summed E-state index contributed by atoms with van der Waals surface area (Å²) in [6.45, 7) is 20.7. The number of nitrogens with one attached hydrogen (secondary N) is 1. The average molecular weight is 875 g/mol. The summed E-state index contributed by atoms with van der Waals surface area (Å²) in [7, 11) is 0.711. The van der Waals surface area contributed by atoms with Crippen LogP contribution in [0.5, 0.6) is 0 Å². The van der Waals surface area contributed by atoms with Crippen LogP contribution in [0.1, 0.15) is 79.0 Å². The molecule has 12 aromatic rings.